The van der Waals surface area contributed by atoms with Crippen molar-refractivity contribution in [2.75, 3.05) is 30.7 Å². The van der Waals surface area contributed by atoms with Gasteiger partial charge in [0.25, 0.3) is 5.91 Å². The van der Waals surface area contributed by atoms with Crippen LogP contribution in [0.4, 0.5) is 5.69 Å². The molecule has 2 aromatic carbocycles. The average molecular weight is 460 g/mol. The van der Waals surface area contributed by atoms with Crippen LogP contribution in [-0.2, 0) is 27.9 Å². The lowest BCUT2D eigenvalue weighted by Crippen LogP contribution is -2.37. The molecule has 2 aromatic rings. The Morgan fingerprint density at radius 3 is 2.22 bits per heavy atom. The SMILES string of the molecule is CC[C@@H](Oc1ccc(N(C)S(C)(=O)=O)cc1)C(=O)NCc1ccc(CN2CCCC2)cc1. The van der Waals surface area contributed by atoms with Crippen LogP contribution in [0.1, 0.15) is 37.3 Å². The van der Waals surface area contributed by atoms with Gasteiger partial charge in [0.05, 0.1) is 11.9 Å². The maximum Gasteiger partial charge on any atom is 0.261 e. The summed E-state index contributed by atoms with van der Waals surface area (Å²) in [6, 6.07) is 15.0. The molecule has 0 radical (unpaired) electrons. The van der Waals surface area contributed by atoms with Gasteiger partial charge in [-0.1, -0.05) is 31.2 Å². The molecule has 32 heavy (non-hydrogen) atoms. The Balaban J connectivity index is 1.51. The highest BCUT2D eigenvalue weighted by Gasteiger charge is 2.19. The van der Waals surface area contributed by atoms with Gasteiger partial charge in [-0.05, 0) is 67.7 Å². The first-order valence-electron chi connectivity index (χ1n) is 11.0. The average Bonchev–Trinajstić information content (AvgIpc) is 3.29. The molecule has 1 fully saturated rings. The number of ether oxygens (including phenoxy) is 1. The fourth-order valence-corrected chi connectivity index (χ4v) is 4.18. The number of anilines is 1. The molecule has 7 nitrogen and oxygen atoms in total. The summed E-state index contributed by atoms with van der Waals surface area (Å²) in [6.45, 7) is 5.67. The van der Waals surface area contributed by atoms with Crippen LogP contribution in [0.25, 0.3) is 0 Å². The predicted molar refractivity (Wildman–Crippen MR) is 127 cm³/mol. The van der Waals surface area contributed by atoms with Gasteiger partial charge in [-0.2, -0.15) is 0 Å². The summed E-state index contributed by atoms with van der Waals surface area (Å²) in [6.07, 6.45) is 3.61. The fraction of sp³-hybridized carbons (Fsp3) is 0.458. The molecule has 8 heteroatoms. The summed E-state index contributed by atoms with van der Waals surface area (Å²) in [5.74, 6) is 0.342. The van der Waals surface area contributed by atoms with Crippen LogP contribution in [0.2, 0.25) is 0 Å². The first-order valence-corrected chi connectivity index (χ1v) is 12.9. The Bertz CT molecular complexity index is 985. The number of carbonyl (C=O) groups is 1. The molecule has 1 saturated heterocycles. The Morgan fingerprint density at radius 2 is 1.66 bits per heavy atom. The molecule has 3 rings (SSSR count). The minimum atomic E-state index is -3.33. The van der Waals surface area contributed by atoms with Crippen molar-refractivity contribution in [3.05, 3.63) is 59.7 Å². The van der Waals surface area contributed by atoms with E-state index in [1.54, 1.807) is 24.3 Å². The van der Waals surface area contributed by atoms with Crippen LogP contribution in [-0.4, -0.2) is 51.7 Å². The third-order valence-corrected chi connectivity index (χ3v) is 6.94. The van der Waals surface area contributed by atoms with Crippen molar-refractivity contribution in [2.24, 2.45) is 0 Å². The number of amides is 1. The highest BCUT2D eigenvalue weighted by Crippen LogP contribution is 2.21. The molecule has 1 heterocycles. The van der Waals surface area contributed by atoms with Crippen LogP contribution >= 0.6 is 0 Å². The number of nitrogens with one attached hydrogen (secondary N) is 1. The molecule has 0 unspecified atom stereocenters. The number of sulfonamides is 1. The number of hydrogen-bond acceptors (Lipinski definition) is 5. The molecule has 0 saturated carbocycles. The summed E-state index contributed by atoms with van der Waals surface area (Å²) in [5, 5.41) is 2.95. The van der Waals surface area contributed by atoms with Crippen LogP contribution in [0.5, 0.6) is 5.75 Å². The lowest BCUT2D eigenvalue weighted by atomic mass is 10.1. The second-order valence-corrected chi connectivity index (χ2v) is 10.3. The first kappa shape index (κ1) is 24.1. The van der Waals surface area contributed by atoms with E-state index in [4.69, 9.17) is 4.74 Å². The van der Waals surface area contributed by atoms with Crippen molar-refractivity contribution in [1.29, 1.82) is 0 Å². The number of carbonyl (C=O) groups excluding carboxylic acids is 1. The van der Waals surface area contributed by atoms with Gasteiger partial charge in [-0.15, -0.1) is 0 Å². The van der Waals surface area contributed by atoms with Gasteiger partial charge in [0, 0.05) is 20.1 Å². The van der Waals surface area contributed by atoms with Gasteiger partial charge in [0.15, 0.2) is 6.10 Å². The molecule has 1 N–H and O–H groups in total. The van der Waals surface area contributed by atoms with Crippen molar-refractivity contribution in [2.45, 2.75) is 45.4 Å². The van der Waals surface area contributed by atoms with Crippen molar-refractivity contribution >= 4 is 21.6 Å². The summed E-state index contributed by atoms with van der Waals surface area (Å²) in [4.78, 5) is 15.1. The molecule has 1 aliphatic heterocycles. The molecular formula is C24H33N3O4S. The van der Waals surface area contributed by atoms with Gasteiger partial charge in [-0.3, -0.25) is 14.0 Å². The molecule has 1 aliphatic rings. The second kappa shape index (κ2) is 10.8. The molecule has 0 spiro atoms. The highest BCUT2D eigenvalue weighted by atomic mass is 32.2. The van der Waals surface area contributed by atoms with Gasteiger partial charge in [-0.25, -0.2) is 8.42 Å². The Morgan fingerprint density at radius 1 is 1.06 bits per heavy atom. The maximum absolute atomic E-state index is 12.6. The smallest absolute Gasteiger partial charge is 0.261 e. The third-order valence-electron chi connectivity index (χ3n) is 5.73. The number of benzene rings is 2. The first-order chi connectivity index (χ1) is 15.3. The van der Waals surface area contributed by atoms with Gasteiger partial charge < -0.3 is 10.1 Å². The van der Waals surface area contributed by atoms with E-state index in [1.807, 2.05) is 6.92 Å². The lowest BCUT2D eigenvalue weighted by molar-refractivity contribution is -0.128. The second-order valence-electron chi connectivity index (χ2n) is 8.26. The third kappa shape index (κ3) is 6.71. The largest absolute Gasteiger partial charge is 0.481 e. The maximum atomic E-state index is 12.6. The monoisotopic (exact) mass is 459 g/mol. The number of rotatable bonds is 10. The van der Waals surface area contributed by atoms with E-state index in [-0.39, 0.29) is 5.91 Å². The summed E-state index contributed by atoms with van der Waals surface area (Å²) < 4.78 is 30.3. The van der Waals surface area contributed by atoms with E-state index in [1.165, 1.54) is 42.8 Å². The summed E-state index contributed by atoms with van der Waals surface area (Å²) >= 11 is 0. The molecule has 0 aromatic heterocycles. The van der Waals surface area contributed by atoms with Crippen molar-refractivity contribution in [3.8, 4) is 5.75 Å². The quantitative estimate of drug-likeness (QED) is 0.591. The van der Waals surface area contributed by atoms with Gasteiger partial charge in [0.2, 0.25) is 10.0 Å². The van der Waals surface area contributed by atoms with Crippen molar-refractivity contribution < 1.29 is 17.9 Å². The topological polar surface area (TPSA) is 78.9 Å². The predicted octanol–water partition coefficient (Wildman–Crippen LogP) is 3.15. The Kier molecular flexibility index (Phi) is 8.15. The molecule has 0 bridgehead atoms. The van der Waals surface area contributed by atoms with E-state index in [9.17, 15) is 13.2 Å². The molecular weight excluding hydrogens is 426 g/mol. The van der Waals surface area contributed by atoms with Crippen LogP contribution in [0, 0.1) is 0 Å². The van der Waals surface area contributed by atoms with E-state index in [0.29, 0.717) is 24.4 Å². The number of hydrogen-bond donors (Lipinski definition) is 1. The Hall–Kier alpha value is -2.58. The van der Waals surface area contributed by atoms with E-state index in [2.05, 4.69) is 34.5 Å². The molecule has 0 aliphatic carbocycles. The lowest BCUT2D eigenvalue weighted by Gasteiger charge is -2.19. The minimum absolute atomic E-state index is 0.175. The zero-order valence-corrected chi connectivity index (χ0v) is 19.9. The minimum Gasteiger partial charge on any atom is -0.481 e. The summed E-state index contributed by atoms with van der Waals surface area (Å²) in [7, 11) is -1.83. The van der Waals surface area contributed by atoms with Crippen LogP contribution in [0.3, 0.4) is 0 Å². The zero-order chi connectivity index (χ0) is 23.1. The molecule has 1 atom stereocenters. The fourth-order valence-electron chi connectivity index (χ4n) is 3.68. The number of nitrogens with zero attached hydrogens (tertiary/aromatic N) is 2. The van der Waals surface area contributed by atoms with Crippen LogP contribution < -0.4 is 14.4 Å². The normalized spacial score (nSPS) is 15.3. The van der Waals surface area contributed by atoms with Crippen LogP contribution in [0.15, 0.2) is 48.5 Å². The highest BCUT2D eigenvalue weighted by molar-refractivity contribution is 7.92. The number of likely N-dealkylation sites (tertiary alicyclic amines) is 1. The zero-order valence-electron chi connectivity index (χ0n) is 19.1. The van der Waals surface area contributed by atoms with Crippen molar-refractivity contribution in [3.63, 3.8) is 0 Å². The molecule has 174 valence electrons. The molecule has 1 amide bonds. The van der Waals surface area contributed by atoms with Crippen molar-refractivity contribution in [1.82, 2.24) is 10.2 Å². The van der Waals surface area contributed by atoms with E-state index >= 15 is 0 Å². The summed E-state index contributed by atoms with van der Waals surface area (Å²) in [5.41, 5.74) is 2.87. The van der Waals surface area contributed by atoms with Gasteiger partial charge >= 0.3 is 0 Å². The van der Waals surface area contributed by atoms with Gasteiger partial charge in [0.1, 0.15) is 5.75 Å². The standard InChI is InChI=1S/C24H33N3O4S/c1-4-23(31-22-13-11-21(12-14-22)26(2)32(3,29)30)24(28)25-17-19-7-9-20(10-8-19)18-27-15-5-6-16-27/h7-14,23H,4-6,15-18H2,1-3H3,(H,25,28)/t23-/m1/s1. The Labute approximate surface area is 191 Å². The van der Waals surface area contributed by atoms with E-state index in [0.717, 1.165) is 18.4 Å². The van der Waals surface area contributed by atoms with E-state index < -0.39 is 16.1 Å².